The third kappa shape index (κ3) is 88.5. The van der Waals surface area contributed by atoms with E-state index in [1.165, 1.54) is 0 Å². The Morgan fingerprint density at radius 3 is 1.00 bits per heavy atom. The Morgan fingerprint density at radius 2 is 0.690 bits per heavy atom. The van der Waals surface area contributed by atoms with Crippen LogP contribution in [-0.2, 0) is 110 Å². The summed E-state index contributed by atoms with van der Waals surface area (Å²) in [5.41, 5.74) is 22.5. The molecule has 113 heavy (non-hydrogen) atoms. The Hall–Kier alpha value is -12.2. The summed E-state index contributed by atoms with van der Waals surface area (Å²) in [5.74, 6) is -29.8. The Bertz CT molecular complexity index is 3050. The predicted molar refractivity (Wildman–Crippen MR) is 367 cm³/mol. The number of hydrogen-bond acceptors (Lipinski definition) is 31. The zero-order chi connectivity index (χ0) is 89.0. The Labute approximate surface area is 636 Å². The van der Waals surface area contributed by atoms with Crippen LogP contribution < -0.4 is 34.0 Å². The molecular formula is C60H100N6O47. The smallest absolute Gasteiger partial charge is 0.372 e. The van der Waals surface area contributed by atoms with Crippen molar-refractivity contribution in [1.82, 2.24) is 5.32 Å². The fourth-order valence-electron chi connectivity index (χ4n) is 6.17. The van der Waals surface area contributed by atoms with Crippen molar-refractivity contribution >= 4 is 137 Å². The summed E-state index contributed by atoms with van der Waals surface area (Å²) in [6.07, 6.45) is 0.0442. The van der Waals surface area contributed by atoms with E-state index in [1.54, 1.807) is 0 Å². The first kappa shape index (κ1) is 124. The minimum Gasteiger partial charge on any atom is -0.481 e. The second-order valence-electron chi connectivity index (χ2n) is 21.5. The number of nitrogens with one attached hydrogen (secondary N) is 1. The van der Waals surface area contributed by atoms with Crippen LogP contribution in [0, 0.1) is 5.92 Å². The van der Waals surface area contributed by atoms with Gasteiger partial charge in [-0.05, 0) is 90.1 Å². The van der Waals surface area contributed by atoms with Crippen LogP contribution in [0.3, 0.4) is 0 Å². The van der Waals surface area contributed by atoms with Gasteiger partial charge >= 0.3 is 119 Å². The van der Waals surface area contributed by atoms with Crippen LogP contribution in [0.1, 0.15) is 161 Å². The number of hydrogen-bond donors (Lipinski definition) is 28. The van der Waals surface area contributed by atoms with Crippen molar-refractivity contribution in [3.8, 4) is 0 Å². The van der Waals surface area contributed by atoms with Gasteiger partial charge in [-0.3, -0.25) is 71.9 Å². The molecule has 0 rings (SSSR count). The van der Waals surface area contributed by atoms with Crippen LogP contribution in [0.15, 0.2) is 11.6 Å². The number of aldehydes is 1. The van der Waals surface area contributed by atoms with E-state index in [1.807, 2.05) is 0 Å². The van der Waals surface area contributed by atoms with Gasteiger partial charge in [0.2, 0.25) is 11.6 Å². The number of unbranched alkanes of at least 4 members (excludes halogenated alkanes) is 3. The summed E-state index contributed by atoms with van der Waals surface area (Å²) in [5, 5.41) is 186. The number of aliphatic carboxylic acids is 20. The van der Waals surface area contributed by atoms with E-state index < -0.39 is 229 Å². The normalized spacial score (nSPS) is 11.7. The van der Waals surface area contributed by atoms with Crippen molar-refractivity contribution in [2.24, 2.45) is 34.6 Å². The third-order valence-corrected chi connectivity index (χ3v) is 12.3. The van der Waals surface area contributed by atoms with Crippen LogP contribution in [0.2, 0.25) is 0 Å². The minimum absolute atomic E-state index is 0. The zero-order valence-corrected chi connectivity index (χ0v) is 59.9. The van der Waals surface area contributed by atoms with Gasteiger partial charge in [0, 0.05) is 75.9 Å². The first-order valence-corrected chi connectivity index (χ1v) is 31.5. The topological polar surface area (TPSA) is 1040 Å². The summed E-state index contributed by atoms with van der Waals surface area (Å²) in [6.45, 7) is 0.981. The van der Waals surface area contributed by atoms with E-state index >= 15 is 0 Å². The number of Topliss-reactive ketones (excluding diaryl/α,β-unsaturated/α-hetero) is 2. The fraction of sp³-hybridized carbons (Fsp3) is 0.583. The van der Waals surface area contributed by atoms with E-state index in [2.05, 4.69) is 5.32 Å². The van der Waals surface area contributed by atoms with Crippen molar-refractivity contribution in [3.05, 3.63) is 11.6 Å². The first-order valence-electron chi connectivity index (χ1n) is 31.5. The lowest BCUT2D eigenvalue weighted by Crippen LogP contribution is -2.46. The van der Waals surface area contributed by atoms with Gasteiger partial charge < -0.3 is 162 Å². The molecule has 0 saturated heterocycles. The quantitative estimate of drug-likeness (QED) is 0.00886. The zero-order valence-electron chi connectivity index (χ0n) is 59.9. The molecule has 0 radical (unpaired) electrons. The molecule has 0 aromatic heterocycles. The van der Waals surface area contributed by atoms with Gasteiger partial charge in [-0.25, -0.2) is 33.6 Å². The van der Waals surface area contributed by atoms with Crippen LogP contribution in [0.25, 0.3) is 0 Å². The van der Waals surface area contributed by atoms with Crippen molar-refractivity contribution in [2.75, 3.05) is 13.1 Å². The average Bonchev–Trinajstić information content (AvgIpc) is 0.849. The highest BCUT2D eigenvalue weighted by atomic mass is 16.5. The van der Waals surface area contributed by atoms with Gasteiger partial charge in [0.1, 0.15) is 36.5 Å². The van der Waals surface area contributed by atoms with Gasteiger partial charge in [-0.1, -0.05) is 12.8 Å². The summed E-state index contributed by atoms with van der Waals surface area (Å²) >= 11 is 0. The molecule has 53 nitrogen and oxygen atoms in total. The predicted octanol–water partition coefficient (Wildman–Crippen LogP) is -6.13. The SMILES string of the molecule is NC(CCCC(=O)O)C(=O)O.NC(CCCCNC(CCC(=O)O)C(=O)O)C(=O)O.NCCCCC(N)C(=O)O.N[C@H](CCCC=O)C(=O)O.O.O.O=C(O)/C=C(/CCC(=O)O)C(=O)O.O=C(O)CCC(=O)C(=O)O.O=C(O)CCC(C(=O)O)C(O)C(=O)O.O=C(O)CCC(O)(C(=O)O)C(=O)O.O=C(O)CCCC(=O)C(=O)O. The highest BCUT2D eigenvalue weighted by Crippen LogP contribution is 2.15. The summed E-state index contributed by atoms with van der Waals surface area (Å²) in [6, 6.07) is -4.27. The van der Waals surface area contributed by atoms with Gasteiger partial charge in [0.05, 0.1) is 12.3 Å². The van der Waals surface area contributed by atoms with Gasteiger partial charge in [0.25, 0.3) is 5.60 Å². The monoisotopic (exact) mass is 1660 g/mol. The molecule has 0 saturated carbocycles. The molecule has 0 aliphatic heterocycles. The standard InChI is InChI=1S/C11H20N2O6.C7H10O7.C7H8O6.C6H14N2O2.C6H11NO4.C6H11NO3.C6H8O7.C6H8O5.C5H6O5.2H2O/c12-7(10(16)17)3-1-2-6-13-8(11(18)19)4-5-9(14)15;8-4(9)2-1-3(6(11)12)5(10)7(13)14;8-5(9)2-1-4(7(12)13)3-6(10)11;7-4-2-1-3-5(8)6(9)10;7-4(6(10)11)2-1-3-5(8)9;7-5(6(9)10)3-1-2-4-8;7-3(8)1-2-6(13,4(9)10)5(11)12;7-4(6(10)11)2-1-3-5(8)9;6-3(5(9)10)1-2-4(7)8;;/h7-8,13H,1-6,12H2,(H,14,15)(H,16,17)(H,18,19);3,5,10H,1-2H2,(H,8,9)(H,11,12)(H,13,14);3H,1-2H2,(H,8,9)(H,10,11)(H,12,13);5H,1-4,7-8H2,(H,9,10);4H,1-3,7H2,(H,8,9)(H,10,11);4-5H,1-3,7H2,(H,9,10);13H,1-2H2,(H,7,8)(H,9,10)(H,11,12);1-3H2,(H,8,9)(H,10,11);1-2H2,(H,7,8)(H,9,10);2*1H2/b;;4-3-;;;;;;;;/t;;;;;5-;;;;;/m.....1...../s1. The van der Waals surface area contributed by atoms with E-state index in [0.29, 0.717) is 70.5 Å². The molecule has 0 amide bonds. The van der Waals surface area contributed by atoms with Crippen molar-refractivity contribution in [1.29, 1.82) is 0 Å². The minimum atomic E-state index is -3.02. The lowest BCUT2D eigenvalue weighted by Gasteiger charge is -2.16. The summed E-state index contributed by atoms with van der Waals surface area (Å²) < 4.78 is 0. The lowest BCUT2D eigenvalue weighted by atomic mass is 9.97. The number of ketones is 2. The molecule has 0 heterocycles. The molecule has 652 valence electrons. The Balaban J connectivity index is -0.000000116. The van der Waals surface area contributed by atoms with Gasteiger partial charge in [-0.15, -0.1) is 0 Å². The molecule has 6 unspecified atom stereocenters. The van der Waals surface area contributed by atoms with Crippen LogP contribution in [0.5, 0.6) is 0 Å². The second-order valence-corrected chi connectivity index (χ2v) is 21.5. The van der Waals surface area contributed by atoms with Crippen molar-refractivity contribution in [3.63, 3.8) is 0 Å². The maximum absolute atomic E-state index is 10.8. The molecule has 0 aliphatic rings. The number of aliphatic hydroxyl groups excluding tert-OH is 1. The maximum Gasteiger partial charge on any atom is 0.372 e. The summed E-state index contributed by atoms with van der Waals surface area (Å²) in [7, 11) is 0. The fourth-order valence-corrected chi connectivity index (χ4v) is 6.17. The Morgan fingerprint density at radius 1 is 0.345 bits per heavy atom. The molecule has 0 aliphatic carbocycles. The second kappa shape index (κ2) is 75.2. The largest absolute Gasteiger partial charge is 0.481 e. The average molecular weight is 1660 g/mol. The molecule has 0 bridgehead atoms. The molecule has 7 atom stereocenters. The first-order chi connectivity index (χ1) is 50.9. The van der Waals surface area contributed by atoms with Gasteiger partial charge in [-0.2, -0.15) is 0 Å². The number of carboxylic acids is 20. The number of nitrogens with two attached hydrogens (primary N) is 5. The van der Waals surface area contributed by atoms with E-state index in [9.17, 15) is 110 Å². The highest BCUT2D eigenvalue weighted by Gasteiger charge is 2.44. The maximum atomic E-state index is 10.8. The highest BCUT2D eigenvalue weighted by molar-refractivity contribution is 6.33. The number of carboxylic acid groups (broad SMARTS) is 20. The van der Waals surface area contributed by atoms with Gasteiger partial charge in [0.15, 0.2) is 6.10 Å². The number of aliphatic hydroxyl groups is 2. The van der Waals surface area contributed by atoms with E-state index in [4.69, 9.17) is 141 Å². The molecule has 0 aromatic rings. The molecule has 0 aromatic carbocycles. The third-order valence-electron chi connectivity index (χ3n) is 12.3. The molecule has 53 heteroatoms. The number of rotatable bonds is 51. The molecule has 0 spiro atoms. The van der Waals surface area contributed by atoms with Crippen LogP contribution in [0.4, 0.5) is 0 Å². The number of carbonyl (C=O) groups excluding carboxylic acids is 3. The van der Waals surface area contributed by atoms with E-state index in [0.717, 1.165) is 19.1 Å². The number of carbonyl (C=O) groups is 23. The molecular weight excluding hydrogens is 1560 g/mol. The Kier molecular flexibility index (Phi) is 82.8. The van der Waals surface area contributed by atoms with E-state index in [-0.39, 0.29) is 62.3 Å². The molecule has 0 fully saturated rings. The summed E-state index contributed by atoms with van der Waals surface area (Å²) in [4.78, 5) is 233. The van der Waals surface area contributed by atoms with Crippen LogP contribution >= 0.6 is 0 Å². The van der Waals surface area contributed by atoms with Crippen LogP contribution in [-0.4, -0.2) is 316 Å². The van der Waals surface area contributed by atoms with Crippen molar-refractivity contribution in [2.45, 2.75) is 202 Å². The molecule has 37 N–H and O–H groups in total. The lowest BCUT2D eigenvalue weighted by molar-refractivity contribution is -0.177. The van der Waals surface area contributed by atoms with Crippen molar-refractivity contribution < 1.29 is 234 Å².